The Bertz CT molecular complexity index is 477. The molecule has 0 heterocycles. The third-order valence-corrected chi connectivity index (χ3v) is 16.9. The van der Waals surface area contributed by atoms with Gasteiger partial charge in [-0.3, -0.25) is 0 Å². The minimum absolute atomic E-state index is 0.274. The van der Waals surface area contributed by atoms with Gasteiger partial charge >= 0.3 is 35.7 Å². The lowest BCUT2D eigenvalue weighted by Crippen LogP contribution is -2.67. The van der Waals surface area contributed by atoms with Crippen LogP contribution in [0.2, 0.25) is 13.1 Å². The average Bonchev–Trinajstić information content (AvgIpc) is 2.69. The number of rotatable bonds is 22. The first-order chi connectivity index (χ1) is 15.6. The molecule has 0 aliphatic carbocycles. The molecule has 0 bridgehead atoms. The van der Waals surface area contributed by atoms with Crippen molar-refractivity contribution in [1.29, 1.82) is 0 Å². The summed E-state index contributed by atoms with van der Waals surface area (Å²) in [5.41, 5.74) is 0. The van der Waals surface area contributed by atoms with Crippen molar-refractivity contribution in [3.8, 4) is 0 Å². The van der Waals surface area contributed by atoms with Gasteiger partial charge in [-0.2, -0.15) is 0 Å². The molecular formula is C18H46O11Si4. The van der Waals surface area contributed by atoms with E-state index in [9.17, 15) is 0 Å². The fraction of sp³-hybridized carbons (Fsp3) is 1.00. The summed E-state index contributed by atoms with van der Waals surface area (Å²) in [6.45, 7) is 20.9. The molecule has 0 spiro atoms. The van der Waals surface area contributed by atoms with E-state index in [1.165, 1.54) is 0 Å². The zero-order valence-electron chi connectivity index (χ0n) is 22.1. The van der Waals surface area contributed by atoms with E-state index in [2.05, 4.69) is 0 Å². The maximum atomic E-state index is 6.47. The molecule has 1 atom stereocenters. The van der Waals surface area contributed by atoms with Crippen LogP contribution in [0.1, 0.15) is 55.4 Å². The molecule has 15 heteroatoms. The van der Waals surface area contributed by atoms with E-state index in [4.69, 9.17) is 47.8 Å². The van der Waals surface area contributed by atoms with Crippen LogP contribution in [0.4, 0.5) is 0 Å². The summed E-state index contributed by atoms with van der Waals surface area (Å²) in [6, 6.07) is 0. The van der Waals surface area contributed by atoms with Crippen LogP contribution in [0.5, 0.6) is 0 Å². The lowest BCUT2D eigenvalue weighted by molar-refractivity contribution is -0.0365. The maximum absolute atomic E-state index is 6.47. The van der Waals surface area contributed by atoms with Crippen molar-refractivity contribution in [2.45, 2.75) is 68.5 Å². The lowest BCUT2D eigenvalue weighted by Gasteiger charge is -2.40. The van der Waals surface area contributed by atoms with Crippen LogP contribution in [0.25, 0.3) is 0 Å². The topological polar surface area (TPSA) is 102 Å². The third kappa shape index (κ3) is 11.8. The molecule has 11 nitrogen and oxygen atoms in total. The Hall–Kier alpha value is 0.428. The molecule has 1 unspecified atom stereocenters. The summed E-state index contributed by atoms with van der Waals surface area (Å²) in [7, 11) is -14.2. The van der Waals surface area contributed by atoms with Crippen LogP contribution in [-0.2, 0) is 47.8 Å². The highest BCUT2D eigenvalue weighted by molar-refractivity contribution is 6.80. The van der Waals surface area contributed by atoms with Gasteiger partial charge < -0.3 is 47.8 Å². The second-order valence-electron chi connectivity index (χ2n) is 6.50. The summed E-state index contributed by atoms with van der Waals surface area (Å²) in [5, 5.41) is 0. The molecule has 0 fully saturated rings. The summed E-state index contributed by atoms with van der Waals surface area (Å²) >= 11 is 0. The van der Waals surface area contributed by atoms with Gasteiger partial charge in [0.2, 0.25) is 0 Å². The fourth-order valence-electron chi connectivity index (χ4n) is 2.93. The Labute approximate surface area is 204 Å². The Kier molecular flexibility index (Phi) is 17.2. The maximum Gasteiger partial charge on any atom is 0.672 e. The van der Waals surface area contributed by atoms with Crippen LogP contribution < -0.4 is 0 Å². The van der Waals surface area contributed by atoms with Crippen molar-refractivity contribution < 1.29 is 47.8 Å². The molecule has 0 aromatic rings. The van der Waals surface area contributed by atoms with Crippen LogP contribution in [0, 0.1) is 0 Å². The zero-order valence-corrected chi connectivity index (χ0v) is 26.1. The summed E-state index contributed by atoms with van der Waals surface area (Å²) in [5.74, 6) is 0. The van der Waals surface area contributed by atoms with E-state index in [-0.39, 0.29) is 13.2 Å². The summed E-state index contributed by atoms with van der Waals surface area (Å²) < 4.78 is 66.6. The molecular weight excluding hydrogens is 505 g/mol. The molecule has 0 radical (unpaired) electrons. The van der Waals surface area contributed by atoms with Crippen LogP contribution >= 0.6 is 0 Å². The molecule has 200 valence electrons. The van der Waals surface area contributed by atoms with E-state index in [0.29, 0.717) is 39.6 Å². The monoisotopic (exact) mass is 550 g/mol. The van der Waals surface area contributed by atoms with E-state index in [1.54, 1.807) is 13.1 Å². The Morgan fingerprint density at radius 2 is 0.576 bits per heavy atom. The minimum Gasteiger partial charge on any atom is -0.375 e. The van der Waals surface area contributed by atoms with Crippen LogP contribution in [0.3, 0.4) is 0 Å². The molecule has 0 aliphatic rings. The van der Waals surface area contributed by atoms with Crippen LogP contribution in [0.15, 0.2) is 0 Å². The van der Waals surface area contributed by atoms with Gasteiger partial charge in [-0.05, 0) is 55.4 Å². The average molecular weight is 551 g/mol. The fourth-order valence-corrected chi connectivity index (χ4v) is 15.8. The van der Waals surface area contributed by atoms with E-state index >= 15 is 0 Å². The first-order valence-electron chi connectivity index (χ1n) is 11.8. The smallest absolute Gasteiger partial charge is 0.375 e. The van der Waals surface area contributed by atoms with Gasteiger partial charge in [0, 0.05) is 65.9 Å². The van der Waals surface area contributed by atoms with Crippen molar-refractivity contribution in [3.05, 3.63) is 0 Å². The van der Waals surface area contributed by atoms with Crippen molar-refractivity contribution >= 4 is 35.7 Å². The molecule has 0 aromatic heterocycles. The number of hydrogen-bond donors (Lipinski definition) is 0. The van der Waals surface area contributed by atoms with Crippen molar-refractivity contribution in [2.75, 3.05) is 52.9 Å². The highest BCUT2D eigenvalue weighted by atomic mass is 28.5. The van der Waals surface area contributed by atoms with Crippen LogP contribution in [-0.4, -0.2) is 88.6 Å². The Morgan fingerprint density at radius 1 is 0.333 bits per heavy atom. The van der Waals surface area contributed by atoms with Gasteiger partial charge in [-0.25, -0.2) is 0 Å². The summed E-state index contributed by atoms with van der Waals surface area (Å²) in [4.78, 5) is 0. The number of hydrogen-bond acceptors (Lipinski definition) is 11. The highest BCUT2D eigenvalue weighted by Gasteiger charge is 2.63. The molecule has 0 N–H and O–H groups in total. The second kappa shape index (κ2) is 17.0. The minimum atomic E-state index is -3.87. The molecule has 0 saturated carbocycles. The SMILES string of the molecule is CCO[Si](C)(OCC)O[Si](OCC)(OCC)O[Si](C)(OCC)O[Si](OCC)(OCC)OCC. The summed E-state index contributed by atoms with van der Waals surface area (Å²) in [6.07, 6.45) is 0. The van der Waals surface area contributed by atoms with E-state index in [1.807, 2.05) is 55.4 Å². The van der Waals surface area contributed by atoms with Gasteiger partial charge in [0.1, 0.15) is 0 Å². The second-order valence-corrected chi connectivity index (χ2v) is 16.7. The lowest BCUT2D eigenvalue weighted by atomic mass is 10.9. The largest absolute Gasteiger partial charge is 0.672 e. The predicted molar refractivity (Wildman–Crippen MR) is 131 cm³/mol. The molecule has 0 saturated heterocycles. The molecule has 0 amide bonds. The van der Waals surface area contributed by atoms with Gasteiger partial charge in [-0.1, -0.05) is 0 Å². The van der Waals surface area contributed by atoms with Crippen molar-refractivity contribution in [2.24, 2.45) is 0 Å². The van der Waals surface area contributed by atoms with Gasteiger partial charge in [0.25, 0.3) is 0 Å². The Morgan fingerprint density at radius 3 is 0.909 bits per heavy atom. The predicted octanol–water partition coefficient (Wildman–Crippen LogP) is 3.34. The van der Waals surface area contributed by atoms with E-state index in [0.717, 1.165) is 0 Å². The molecule has 33 heavy (non-hydrogen) atoms. The van der Waals surface area contributed by atoms with Crippen molar-refractivity contribution in [3.63, 3.8) is 0 Å². The normalized spacial score (nSPS) is 15.1. The van der Waals surface area contributed by atoms with Gasteiger partial charge in [-0.15, -0.1) is 0 Å². The highest BCUT2D eigenvalue weighted by Crippen LogP contribution is 2.29. The third-order valence-electron chi connectivity index (χ3n) is 3.76. The van der Waals surface area contributed by atoms with E-state index < -0.39 is 35.7 Å². The molecule has 0 aromatic carbocycles. The standard InChI is InChI=1S/C18H46O11Si4/c1-11-19-30(9,20-12-2)27-33(25-17-7,26-18-8)29-31(10,21-13-3)28-32(22-14-4,23-15-5)24-16-6/h11-18H2,1-10H3. The van der Waals surface area contributed by atoms with Gasteiger partial charge in [0.05, 0.1) is 0 Å². The first kappa shape index (κ1) is 33.4. The quantitative estimate of drug-likeness (QED) is 0.185. The van der Waals surface area contributed by atoms with Crippen molar-refractivity contribution in [1.82, 2.24) is 0 Å². The molecule has 0 aliphatic heterocycles. The molecule has 0 rings (SSSR count). The Balaban J connectivity index is 6.29. The zero-order chi connectivity index (χ0) is 25.4. The van der Waals surface area contributed by atoms with Gasteiger partial charge in [0.15, 0.2) is 0 Å². The first-order valence-corrected chi connectivity index (χ1v) is 19.5.